The summed E-state index contributed by atoms with van der Waals surface area (Å²) in [4.78, 5) is 14.1. The predicted molar refractivity (Wildman–Crippen MR) is 122 cm³/mol. The van der Waals surface area contributed by atoms with E-state index >= 15 is 0 Å². The van der Waals surface area contributed by atoms with Crippen LogP contribution in [0.4, 0.5) is 0 Å². The van der Waals surface area contributed by atoms with E-state index in [4.69, 9.17) is 4.74 Å². The standard InChI is InChI=1S/C26H24O2S/c1-4-18-9-5-6-10-21(18)24(27)26-25(22-11-7-8-12-23(22)29-26)28-20-15-13-19(14-16-20)17(2)3/h5-17H,4H2,1-3H3. The number of carbonyl (C=O) groups excluding carboxylic acids is 1. The van der Waals surface area contributed by atoms with Crippen molar-refractivity contribution >= 4 is 27.2 Å². The van der Waals surface area contributed by atoms with Crippen LogP contribution in [0.5, 0.6) is 11.5 Å². The van der Waals surface area contributed by atoms with Gasteiger partial charge in [-0.3, -0.25) is 4.79 Å². The summed E-state index contributed by atoms with van der Waals surface area (Å²) in [5, 5.41) is 0.975. The normalized spacial score (nSPS) is 11.2. The van der Waals surface area contributed by atoms with E-state index in [9.17, 15) is 4.79 Å². The Balaban J connectivity index is 1.79. The van der Waals surface area contributed by atoms with E-state index in [-0.39, 0.29) is 5.78 Å². The molecule has 4 rings (SSSR count). The third-order valence-electron chi connectivity index (χ3n) is 5.17. The molecule has 0 bridgehead atoms. The van der Waals surface area contributed by atoms with Gasteiger partial charge in [-0.2, -0.15) is 0 Å². The zero-order chi connectivity index (χ0) is 20.4. The molecule has 0 atom stereocenters. The van der Waals surface area contributed by atoms with Crippen molar-refractivity contribution in [2.24, 2.45) is 0 Å². The molecule has 0 aliphatic carbocycles. The van der Waals surface area contributed by atoms with Crippen LogP contribution in [0, 0.1) is 0 Å². The molecule has 2 nitrogen and oxygen atoms in total. The van der Waals surface area contributed by atoms with Crippen LogP contribution in [0.1, 0.15) is 53.1 Å². The Morgan fingerprint density at radius 1 is 0.931 bits per heavy atom. The fraction of sp³-hybridized carbons (Fsp3) is 0.192. The van der Waals surface area contributed by atoms with E-state index in [1.54, 1.807) is 0 Å². The fourth-order valence-corrected chi connectivity index (χ4v) is 4.57. The Morgan fingerprint density at radius 2 is 1.62 bits per heavy atom. The van der Waals surface area contributed by atoms with Crippen molar-refractivity contribution in [2.75, 3.05) is 0 Å². The first-order chi connectivity index (χ1) is 14.1. The van der Waals surface area contributed by atoms with E-state index in [0.717, 1.165) is 33.4 Å². The number of ether oxygens (including phenoxy) is 1. The first-order valence-electron chi connectivity index (χ1n) is 10.0. The molecular weight excluding hydrogens is 376 g/mol. The van der Waals surface area contributed by atoms with Crippen LogP contribution in [0.2, 0.25) is 0 Å². The Morgan fingerprint density at radius 3 is 2.34 bits per heavy atom. The first-order valence-corrected chi connectivity index (χ1v) is 10.8. The highest BCUT2D eigenvalue weighted by molar-refractivity contribution is 7.21. The van der Waals surface area contributed by atoms with Gasteiger partial charge in [0.05, 0.1) is 0 Å². The summed E-state index contributed by atoms with van der Waals surface area (Å²) >= 11 is 1.50. The lowest BCUT2D eigenvalue weighted by atomic mass is 10.0. The fourth-order valence-electron chi connectivity index (χ4n) is 3.48. The topological polar surface area (TPSA) is 26.3 Å². The van der Waals surface area contributed by atoms with Gasteiger partial charge in [0.25, 0.3) is 0 Å². The minimum atomic E-state index is 0.0254. The van der Waals surface area contributed by atoms with Gasteiger partial charge in [-0.05, 0) is 47.7 Å². The highest BCUT2D eigenvalue weighted by Gasteiger charge is 2.23. The SMILES string of the molecule is CCc1ccccc1C(=O)c1sc2ccccc2c1Oc1ccc(C(C)C)cc1. The number of thiophene rings is 1. The van der Waals surface area contributed by atoms with Gasteiger partial charge in [-0.15, -0.1) is 11.3 Å². The molecule has 4 aromatic rings. The lowest BCUT2D eigenvalue weighted by Gasteiger charge is -2.11. The van der Waals surface area contributed by atoms with Crippen molar-refractivity contribution in [1.82, 2.24) is 0 Å². The summed E-state index contributed by atoms with van der Waals surface area (Å²) in [7, 11) is 0. The molecule has 29 heavy (non-hydrogen) atoms. The molecule has 0 saturated heterocycles. The van der Waals surface area contributed by atoms with E-state index in [0.29, 0.717) is 16.5 Å². The molecule has 0 unspecified atom stereocenters. The van der Waals surface area contributed by atoms with Crippen molar-refractivity contribution in [3.05, 3.63) is 94.4 Å². The number of fused-ring (bicyclic) bond motifs is 1. The van der Waals surface area contributed by atoms with Crippen LogP contribution in [0.15, 0.2) is 72.8 Å². The number of carbonyl (C=O) groups is 1. The number of benzene rings is 3. The minimum absolute atomic E-state index is 0.0254. The van der Waals surface area contributed by atoms with Crippen LogP contribution < -0.4 is 4.74 Å². The zero-order valence-electron chi connectivity index (χ0n) is 16.9. The average Bonchev–Trinajstić information content (AvgIpc) is 3.12. The molecule has 3 heteroatoms. The molecule has 1 aromatic heterocycles. The van der Waals surface area contributed by atoms with Crippen LogP contribution in [-0.4, -0.2) is 5.78 Å². The zero-order valence-corrected chi connectivity index (χ0v) is 17.8. The summed E-state index contributed by atoms with van der Waals surface area (Å²) in [6, 6.07) is 24.0. The van der Waals surface area contributed by atoms with Crippen LogP contribution in [-0.2, 0) is 6.42 Å². The second kappa shape index (κ2) is 8.22. The lowest BCUT2D eigenvalue weighted by molar-refractivity contribution is 0.104. The second-order valence-corrected chi connectivity index (χ2v) is 8.47. The first kappa shape index (κ1) is 19.4. The molecule has 0 spiro atoms. The van der Waals surface area contributed by atoms with Gasteiger partial charge in [0.1, 0.15) is 10.6 Å². The highest BCUT2D eigenvalue weighted by atomic mass is 32.1. The highest BCUT2D eigenvalue weighted by Crippen LogP contribution is 2.41. The Bertz CT molecular complexity index is 1150. The van der Waals surface area contributed by atoms with Crippen molar-refractivity contribution in [3.8, 4) is 11.5 Å². The quantitative estimate of drug-likeness (QED) is 0.311. The molecule has 0 aliphatic rings. The number of aryl methyl sites for hydroxylation is 1. The second-order valence-electron chi connectivity index (χ2n) is 7.42. The van der Waals surface area contributed by atoms with E-state index in [1.165, 1.54) is 16.9 Å². The third-order valence-corrected chi connectivity index (χ3v) is 6.32. The van der Waals surface area contributed by atoms with E-state index in [2.05, 4.69) is 32.9 Å². The molecule has 0 saturated carbocycles. The molecule has 3 aromatic carbocycles. The maximum Gasteiger partial charge on any atom is 0.207 e. The minimum Gasteiger partial charge on any atom is -0.455 e. The molecule has 1 heterocycles. The van der Waals surface area contributed by atoms with Crippen LogP contribution in [0.25, 0.3) is 10.1 Å². The van der Waals surface area contributed by atoms with Gasteiger partial charge in [0.2, 0.25) is 5.78 Å². The average molecular weight is 401 g/mol. The summed E-state index contributed by atoms with van der Waals surface area (Å²) in [6.07, 6.45) is 0.819. The van der Waals surface area contributed by atoms with Crippen molar-refractivity contribution < 1.29 is 9.53 Å². The number of ketones is 1. The summed E-state index contributed by atoms with van der Waals surface area (Å²) in [6.45, 7) is 6.42. The van der Waals surface area contributed by atoms with Crippen molar-refractivity contribution in [3.63, 3.8) is 0 Å². The van der Waals surface area contributed by atoms with E-state index < -0.39 is 0 Å². The van der Waals surface area contributed by atoms with Crippen LogP contribution >= 0.6 is 11.3 Å². The maximum absolute atomic E-state index is 13.5. The smallest absolute Gasteiger partial charge is 0.207 e. The van der Waals surface area contributed by atoms with Gasteiger partial charge in [-0.1, -0.05) is 69.3 Å². The monoisotopic (exact) mass is 400 g/mol. The van der Waals surface area contributed by atoms with Gasteiger partial charge in [0, 0.05) is 15.6 Å². The van der Waals surface area contributed by atoms with Gasteiger partial charge in [0.15, 0.2) is 5.75 Å². The summed E-state index contributed by atoms with van der Waals surface area (Å²) in [5.41, 5.74) is 3.07. The molecule has 0 N–H and O–H groups in total. The molecule has 0 amide bonds. The number of hydrogen-bond acceptors (Lipinski definition) is 3. The largest absolute Gasteiger partial charge is 0.455 e. The van der Waals surface area contributed by atoms with Crippen molar-refractivity contribution in [2.45, 2.75) is 33.1 Å². The molecule has 146 valence electrons. The third kappa shape index (κ3) is 3.83. The Kier molecular flexibility index (Phi) is 5.50. The van der Waals surface area contributed by atoms with E-state index in [1.807, 2.05) is 60.7 Å². The summed E-state index contributed by atoms with van der Waals surface area (Å²) < 4.78 is 7.36. The molecular formula is C26H24O2S. The number of hydrogen-bond donors (Lipinski definition) is 0. The number of rotatable bonds is 6. The molecule has 0 radical (unpaired) electrons. The molecule has 0 fully saturated rings. The Hall–Kier alpha value is -2.91. The lowest BCUT2D eigenvalue weighted by Crippen LogP contribution is -2.04. The molecule has 0 aliphatic heterocycles. The van der Waals surface area contributed by atoms with Crippen molar-refractivity contribution in [1.29, 1.82) is 0 Å². The van der Waals surface area contributed by atoms with Gasteiger partial charge >= 0.3 is 0 Å². The van der Waals surface area contributed by atoms with Crippen LogP contribution in [0.3, 0.4) is 0 Å². The maximum atomic E-state index is 13.5. The van der Waals surface area contributed by atoms with Gasteiger partial charge < -0.3 is 4.74 Å². The predicted octanol–water partition coefficient (Wildman–Crippen LogP) is 7.61. The summed E-state index contributed by atoms with van der Waals surface area (Å²) in [5.74, 6) is 1.89. The Labute approximate surface area is 175 Å². The van der Waals surface area contributed by atoms with Gasteiger partial charge in [-0.25, -0.2) is 0 Å².